The number of alkyl halides is 3. The van der Waals surface area contributed by atoms with E-state index in [0.29, 0.717) is 5.69 Å². The summed E-state index contributed by atoms with van der Waals surface area (Å²) >= 11 is 5.65. The summed E-state index contributed by atoms with van der Waals surface area (Å²) in [5.41, 5.74) is 0.543. The number of benzene rings is 1. The van der Waals surface area contributed by atoms with Crippen molar-refractivity contribution in [1.82, 2.24) is 0 Å². The fourth-order valence-electron chi connectivity index (χ4n) is 0.999. The van der Waals surface area contributed by atoms with E-state index in [0.717, 1.165) is 6.07 Å². The van der Waals surface area contributed by atoms with Crippen molar-refractivity contribution in [3.8, 4) is 5.75 Å². The Morgan fingerprint density at radius 3 is 2.27 bits per heavy atom. The third-order valence-corrected chi connectivity index (χ3v) is 1.82. The van der Waals surface area contributed by atoms with Crippen LogP contribution in [0.4, 0.5) is 18.9 Å². The van der Waals surface area contributed by atoms with Gasteiger partial charge in [-0.15, -0.1) is 13.2 Å². The quantitative estimate of drug-likeness (QED) is 0.785. The lowest BCUT2D eigenvalue weighted by Gasteiger charge is -2.15. The average Bonchev–Trinajstić information content (AvgIpc) is 1.99. The van der Waals surface area contributed by atoms with Gasteiger partial charge in [-0.2, -0.15) is 0 Å². The Labute approximate surface area is 90.2 Å². The Morgan fingerprint density at radius 2 is 1.80 bits per heavy atom. The monoisotopic (exact) mass is 239 g/mol. The van der Waals surface area contributed by atoms with Gasteiger partial charge in [-0.1, -0.05) is 11.6 Å². The Morgan fingerprint density at radius 1 is 1.20 bits per heavy atom. The molecule has 1 aromatic rings. The summed E-state index contributed by atoms with van der Waals surface area (Å²) in [6.07, 6.45) is -4.70. The second-order valence-electron chi connectivity index (χ2n) is 3.09. The van der Waals surface area contributed by atoms with Gasteiger partial charge in [-0.3, -0.25) is 0 Å². The van der Waals surface area contributed by atoms with Gasteiger partial charge in [0.05, 0.1) is 0 Å². The van der Waals surface area contributed by atoms with Gasteiger partial charge in [0.15, 0.2) is 0 Å². The minimum atomic E-state index is -4.70. The van der Waals surface area contributed by atoms with Crippen LogP contribution in [0.1, 0.15) is 0 Å². The molecule has 0 aromatic heterocycles. The van der Waals surface area contributed by atoms with E-state index in [1.54, 1.807) is 25.1 Å². The van der Waals surface area contributed by atoms with E-state index in [2.05, 4.69) is 4.74 Å². The SMILES string of the molecule is CN(C)c1cc(Cl)cc(OC(F)(F)F)c1. The van der Waals surface area contributed by atoms with Crippen molar-refractivity contribution in [2.24, 2.45) is 0 Å². The van der Waals surface area contributed by atoms with Gasteiger partial charge in [0.2, 0.25) is 0 Å². The summed E-state index contributed by atoms with van der Waals surface area (Å²) < 4.78 is 39.5. The molecule has 0 atom stereocenters. The zero-order chi connectivity index (χ0) is 11.6. The molecule has 0 saturated heterocycles. The zero-order valence-corrected chi connectivity index (χ0v) is 8.86. The van der Waals surface area contributed by atoms with E-state index >= 15 is 0 Å². The summed E-state index contributed by atoms with van der Waals surface area (Å²) in [5, 5.41) is 0.195. The van der Waals surface area contributed by atoms with Crippen molar-refractivity contribution in [2.45, 2.75) is 6.36 Å². The van der Waals surface area contributed by atoms with Gasteiger partial charge >= 0.3 is 6.36 Å². The summed E-state index contributed by atoms with van der Waals surface area (Å²) in [6.45, 7) is 0. The summed E-state index contributed by atoms with van der Waals surface area (Å²) in [4.78, 5) is 1.63. The molecule has 0 spiro atoms. The molecule has 0 N–H and O–H groups in total. The minimum absolute atomic E-state index is 0.195. The highest BCUT2D eigenvalue weighted by Crippen LogP contribution is 2.29. The number of halogens is 4. The Balaban J connectivity index is 2.99. The van der Waals surface area contributed by atoms with Gasteiger partial charge in [0.25, 0.3) is 0 Å². The van der Waals surface area contributed by atoms with Crippen LogP contribution in [-0.2, 0) is 0 Å². The lowest BCUT2D eigenvalue weighted by molar-refractivity contribution is -0.274. The molecule has 1 aromatic carbocycles. The Bertz CT molecular complexity index is 352. The molecule has 84 valence electrons. The first kappa shape index (κ1) is 12.0. The predicted octanol–water partition coefficient (Wildman–Crippen LogP) is 3.30. The molecule has 2 nitrogen and oxygen atoms in total. The first-order valence-electron chi connectivity index (χ1n) is 4.01. The molecule has 15 heavy (non-hydrogen) atoms. The third kappa shape index (κ3) is 3.87. The van der Waals surface area contributed by atoms with Crippen LogP contribution in [-0.4, -0.2) is 20.5 Å². The van der Waals surface area contributed by atoms with E-state index < -0.39 is 6.36 Å². The highest BCUT2D eigenvalue weighted by molar-refractivity contribution is 6.31. The smallest absolute Gasteiger partial charge is 0.406 e. The first-order valence-corrected chi connectivity index (χ1v) is 4.39. The Kier molecular flexibility index (Phi) is 3.34. The van der Waals surface area contributed by atoms with Crippen molar-refractivity contribution in [2.75, 3.05) is 19.0 Å². The molecule has 0 aliphatic heterocycles. The lowest BCUT2D eigenvalue weighted by Crippen LogP contribution is -2.17. The van der Waals surface area contributed by atoms with Crippen LogP contribution >= 0.6 is 11.6 Å². The Hall–Kier alpha value is -1.10. The second-order valence-corrected chi connectivity index (χ2v) is 3.52. The van der Waals surface area contributed by atoms with E-state index in [9.17, 15) is 13.2 Å². The van der Waals surface area contributed by atoms with E-state index in [-0.39, 0.29) is 10.8 Å². The van der Waals surface area contributed by atoms with Crippen molar-refractivity contribution in [1.29, 1.82) is 0 Å². The zero-order valence-electron chi connectivity index (χ0n) is 8.10. The van der Waals surface area contributed by atoms with E-state index in [1.807, 2.05) is 0 Å². The maximum absolute atomic E-state index is 11.9. The van der Waals surface area contributed by atoms with Crippen molar-refractivity contribution >= 4 is 17.3 Å². The second kappa shape index (κ2) is 4.18. The molecular formula is C9H9ClF3NO. The molecule has 0 fully saturated rings. The van der Waals surface area contributed by atoms with Gasteiger partial charge < -0.3 is 9.64 Å². The van der Waals surface area contributed by atoms with Crippen LogP contribution in [0.15, 0.2) is 18.2 Å². The maximum Gasteiger partial charge on any atom is 0.573 e. The van der Waals surface area contributed by atoms with Gasteiger partial charge in [-0.05, 0) is 12.1 Å². The number of hydrogen-bond donors (Lipinski definition) is 0. The van der Waals surface area contributed by atoms with Crippen LogP contribution < -0.4 is 9.64 Å². The lowest BCUT2D eigenvalue weighted by atomic mass is 10.3. The normalized spacial score (nSPS) is 11.3. The molecule has 0 saturated carbocycles. The predicted molar refractivity (Wildman–Crippen MR) is 52.5 cm³/mol. The maximum atomic E-state index is 11.9. The van der Waals surface area contributed by atoms with E-state index in [4.69, 9.17) is 11.6 Å². The summed E-state index contributed by atoms with van der Waals surface area (Å²) in [6, 6.07) is 3.92. The number of rotatable bonds is 2. The minimum Gasteiger partial charge on any atom is -0.406 e. The van der Waals surface area contributed by atoms with Crippen LogP contribution in [0.2, 0.25) is 5.02 Å². The molecular weight excluding hydrogens is 231 g/mol. The number of ether oxygens (including phenoxy) is 1. The number of hydrogen-bond acceptors (Lipinski definition) is 2. The van der Waals surface area contributed by atoms with Crippen LogP contribution in [0, 0.1) is 0 Å². The van der Waals surface area contributed by atoms with Crippen molar-refractivity contribution in [3.63, 3.8) is 0 Å². The molecule has 0 bridgehead atoms. The molecule has 0 aliphatic carbocycles. The molecule has 0 radical (unpaired) electrons. The van der Waals surface area contributed by atoms with Crippen molar-refractivity contribution < 1.29 is 17.9 Å². The average molecular weight is 240 g/mol. The van der Waals surface area contributed by atoms with Crippen LogP contribution in [0.25, 0.3) is 0 Å². The van der Waals surface area contributed by atoms with Gasteiger partial charge in [0.1, 0.15) is 5.75 Å². The highest BCUT2D eigenvalue weighted by Gasteiger charge is 2.31. The first-order chi connectivity index (χ1) is 6.78. The van der Waals surface area contributed by atoms with Gasteiger partial charge in [0, 0.05) is 30.9 Å². The fourth-order valence-corrected chi connectivity index (χ4v) is 1.22. The number of nitrogens with zero attached hydrogens (tertiary/aromatic N) is 1. The topological polar surface area (TPSA) is 12.5 Å². The highest BCUT2D eigenvalue weighted by atomic mass is 35.5. The molecule has 0 unspecified atom stereocenters. The number of anilines is 1. The standard InChI is InChI=1S/C9H9ClF3NO/c1-14(2)7-3-6(10)4-8(5-7)15-9(11,12)13/h3-5H,1-2H3. The largest absolute Gasteiger partial charge is 0.573 e. The van der Waals surface area contributed by atoms with Gasteiger partial charge in [-0.25, -0.2) is 0 Å². The van der Waals surface area contributed by atoms with Crippen LogP contribution in [0.5, 0.6) is 5.75 Å². The molecule has 1 rings (SSSR count). The molecule has 0 amide bonds. The summed E-state index contributed by atoms with van der Waals surface area (Å²) in [7, 11) is 3.39. The molecule has 0 aliphatic rings. The van der Waals surface area contributed by atoms with Crippen molar-refractivity contribution in [3.05, 3.63) is 23.2 Å². The molecule has 0 heterocycles. The van der Waals surface area contributed by atoms with Crippen LogP contribution in [0.3, 0.4) is 0 Å². The fraction of sp³-hybridized carbons (Fsp3) is 0.333. The molecule has 6 heteroatoms. The van der Waals surface area contributed by atoms with E-state index in [1.165, 1.54) is 6.07 Å². The third-order valence-electron chi connectivity index (χ3n) is 1.61. The summed E-state index contributed by atoms with van der Waals surface area (Å²) in [5.74, 6) is -0.321.